The molecular formula is C15H22O5. The van der Waals surface area contributed by atoms with Gasteiger partial charge in [0.25, 0.3) is 0 Å². The van der Waals surface area contributed by atoms with E-state index in [0.29, 0.717) is 43.5 Å². The van der Waals surface area contributed by atoms with Crippen LogP contribution in [0.25, 0.3) is 0 Å². The summed E-state index contributed by atoms with van der Waals surface area (Å²) in [5.41, 5.74) is 1.43. The van der Waals surface area contributed by atoms with Gasteiger partial charge in [0.05, 0.1) is 18.8 Å². The Hall–Kier alpha value is -1.59. The van der Waals surface area contributed by atoms with Gasteiger partial charge in [-0.15, -0.1) is 0 Å². The predicted molar refractivity (Wildman–Crippen MR) is 75.9 cm³/mol. The lowest BCUT2D eigenvalue weighted by Gasteiger charge is -2.17. The second-order valence-electron chi connectivity index (χ2n) is 4.33. The second kappa shape index (κ2) is 8.55. The number of carbonyl (C=O) groups is 1. The fraction of sp³-hybridized carbons (Fsp3) is 0.533. The van der Waals surface area contributed by atoms with E-state index in [1.807, 2.05) is 13.0 Å². The van der Waals surface area contributed by atoms with Crippen molar-refractivity contribution in [2.75, 3.05) is 40.6 Å². The first-order valence-electron chi connectivity index (χ1n) is 6.49. The number of Topliss-reactive ketones (excluding diaryl/α,β-unsaturated/α-hetero) is 1. The number of ketones is 1. The number of hydrogen-bond donors (Lipinski definition) is 0. The summed E-state index contributed by atoms with van der Waals surface area (Å²) in [6, 6.07) is 3.60. The third-order valence-electron chi connectivity index (χ3n) is 2.76. The van der Waals surface area contributed by atoms with Crippen molar-refractivity contribution in [3.63, 3.8) is 0 Å². The van der Waals surface area contributed by atoms with Crippen LogP contribution in [0.5, 0.6) is 11.5 Å². The molecule has 0 bridgehead atoms. The maximum atomic E-state index is 11.7. The van der Waals surface area contributed by atoms with Gasteiger partial charge >= 0.3 is 0 Å². The third kappa shape index (κ3) is 4.51. The van der Waals surface area contributed by atoms with Crippen molar-refractivity contribution >= 4 is 5.78 Å². The lowest BCUT2D eigenvalue weighted by Crippen LogP contribution is -2.12. The topological polar surface area (TPSA) is 54.0 Å². The molecule has 20 heavy (non-hydrogen) atoms. The van der Waals surface area contributed by atoms with Crippen molar-refractivity contribution in [2.24, 2.45) is 0 Å². The Balaban J connectivity index is 3.02. The molecule has 1 rings (SSSR count). The Labute approximate surface area is 119 Å². The van der Waals surface area contributed by atoms with Crippen LogP contribution < -0.4 is 9.47 Å². The van der Waals surface area contributed by atoms with Crippen LogP contribution in [0.15, 0.2) is 12.1 Å². The van der Waals surface area contributed by atoms with Gasteiger partial charge in [-0.25, -0.2) is 0 Å². The Kier molecular flexibility index (Phi) is 7.04. The summed E-state index contributed by atoms with van der Waals surface area (Å²) in [6.07, 6.45) is 0. The largest absolute Gasteiger partial charge is 0.487 e. The molecule has 1 aromatic carbocycles. The third-order valence-corrected chi connectivity index (χ3v) is 2.76. The van der Waals surface area contributed by atoms with Crippen molar-refractivity contribution < 1.29 is 23.7 Å². The molecule has 0 radical (unpaired) electrons. The molecule has 0 N–H and O–H groups in total. The molecule has 0 aliphatic heterocycles. The predicted octanol–water partition coefficient (Wildman–Crippen LogP) is 2.25. The summed E-state index contributed by atoms with van der Waals surface area (Å²) >= 11 is 0. The highest BCUT2D eigenvalue weighted by Crippen LogP contribution is 2.35. The maximum Gasteiger partial charge on any atom is 0.172 e. The second-order valence-corrected chi connectivity index (χ2v) is 4.33. The molecule has 112 valence electrons. The van der Waals surface area contributed by atoms with Crippen LogP contribution >= 0.6 is 0 Å². The first kappa shape index (κ1) is 16.5. The van der Waals surface area contributed by atoms with Crippen LogP contribution in [0, 0.1) is 6.92 Å². The molecule has 0 unspecified atom stereocenters. The van der Waals surface area contributed by atoms with Gasteiger partial charge in [-0.3, -0.25) is 4.79 Å². The zero-order valence-electron chi connectivity index (χ0n) is 12.5. The molecule has 0 aromatic heterocycles. The zero-order chi connectivity index (χ0) is 15.0. The van der Waals surface area contributed by atoms with E-state index in [-0.39, 0.29) is 5.78 Å². The van der Waals surface area contributed by atoms with Crippen molar-refractivity contribution in [3.8, 4) is 11.5 Å². The minimum Gasteiger partial charge on any atom is -0.487 e. The van der Waals surface area contributed by atoms with Gasteiger partial charge in [-0.2, -0.15) is 0 Å². The Morgan fingerprint density at radius 3 is 2.00 bits per heavy atom. The van der Waals surface area contributed by atoms with E-state index >= 15 is 0 Å². The maximum absolute atomic E-state index is 11.7. The molecule has 0 atom stereocenters. The minimum atomic E-state index is -0.0611. The van der Waals surface area contributed by atoms with Crippen LogP contribution in [0.2, 0.25) is 0 Å². The van der Waals surface area contributed by atoms with Crippen LogP contribution in [0.4, 0.5) is 0 Å². The van der Waals surface area contributed by atoms with Crippen LogP contribution in [-0.4, -0.2) is 46.4 Å². The number of rotatable bonds is 9. The van der Waals surface area contributed by atoms with Gasteiger partial charge in [0, 0.05) is 14.2 Å². The average molecular weight is 282 g/mol. The van der Waals surface area contributed by atoms with E-state index in [0.717, 1.165) is 5.56 Å². The highest BCUT2D eigenvalue weighted by Gasteiger charge is 2.17. The summed E-state index contributed by atoms with van der Waals surface area (Å²) in [6.45, 7) is 5.10. The lowest BCUT2D eigenvalue weighted by atomic mass is 10.1. The Morgan fingerprint density at radius 2 is 1.50 bits per heavy atom. The molecule has 5 heteroatoms. The van der Waals surface area contributed by atoms with Crippen LogP contribution in [0.3, 0.4) is 0 Å². The van der Waals surface area contributed by atoms with Crippen LogP contribution in [0.1, 0.15) is 22.8 Å². The van der Waals surface area contributed by atoms with E-state index in [9.17, 15) is 4.79 Å². The SMILES string of the molecule is COCCOc1c(C)ccc(C(C)=O)c1OCCOC. The van der Waals surface area contributed by atoms with E-state index in [1.54, 1.807) is 20.3 Å². The van der Waals surface area contributed by atoms with Crippen molar-refractivity contribution in [1.29, 1.82) is 0 Å². The van der Waals surface area contributed by atoms with Gasteiger partial charge in [0.15, 0.2) is 17.3 Å². The molecule has 0 saturated heterocycles. The Morgan fingerprint density at radius 1 is 0.950 bits per heavy atom. The molecule has 0 aliphatic rings. The monoisotopic (exact) mass is 282 g/mol. The zero-order valence-corrected chi connectivity index (χ0v) is 12.5. The first-order chi connectivity index (χ1) is 9.61. The lowest BCUT2D eigenvalue weighted by molar-refractivity contribution is 0.100. The number of methoxy groups -OCH3 is 2. The van der Waals surface area contributed by atoms with Gasteiger partial charge in [-0.05, 0) is 25.5 Å². The molecule has 1 aromatic rings. The first-order valence-corrected chi connectivity index (χ1v) is 6.49. The molecule has 0 spiro atoms. The average Bonchev–Trinajstić information content (AvgIpc) is 2.41. The smallest absolute Gasteiger partial charge is 0.172 e. The molecule has 0 fully saturated rings. The number of hydrogen-bond acceptors (Lipinski definition) is 5. The summed E-state index contributed by atoms with van der Waals surface area (Å²) in [7, 11) is 3.21. The van der Waals surface area contributed by atoms with Gasteiger partial charge in [0.1, 0.15) is 13.2 Å². The van der Waals surface area contributed by atoms with Gasteiger partial charge in [-0.1, -0.05) is 6.07 Å². The Bertz CT molecular complexity index is 442. The number of aryl methyl sites for hydroxylation is 1. The summed E-state index contributed by atoms with van der Waals surface area (Å²) in [4.78, 5) is 11.7. The fourth-order valence-corrected chi connectivity index (χ4v) is 1.72. The summed E-state index contributed by atoms with van der Waals surface area (Å²) in [5.74, 6) is 1.01. The highest BCUT2D eigenvalue weighted by molar-refractivity contribution is 5.97. The van der Waals surface area contributed by atoms with Gasteiger partial charge < -0.3 is 18.9 Å². The van der Waals surface area contributed by atoms with Crippen molar-refractivity contribution in [1.82, 2.24) is 0 Å². The summed E-state index contributed by atoms with van der Waals surface area (Å²) in [5, 5.41) is 0. The van der Waals surface area contributed by atoms with E-state index < -0.39 is 0 Å². The highest BCUT2D eigenvalue weighted by atomic mass is 16.5. The normalized spacial score (nSPS) is 10.4. The summed E-state index contributed by atoms with van der Waals surface area (Å²) < 4.78 is 21.3. The number of benzene rings is 1. The fourth-order valence-electron chi connectivity index (χ4n) is 1.72. The van der Waals surface area contributed by atoms with E-state index in [2.05, 4.69) is 0 Å². The molecular weight excluding hydrogens is 260 g/mol. The standard InChI is InChI=1S/C15H22O5/c1-11-5-6-13(12(2)16)15(20-10-8-18-4)14(11)19-9-7-17-3/h5-6H,7-10H2,1-4H3. The quantitative estimate of drug-likeness (QED) is 0.513. The molecule has 0 heterocycles. The van der Waals surface area contributed by atoms with E-state index in [4.69, 9.17) is 18.9 Å². The number of carbonyl (C=O) groups excluding carboxylic acids is 1. The van der Waals surface area contributed by atoms with Gasteiger partial charge in [0.2, 0.25) is 0 Å². The van der Waals surface area contributed by atoms with Crippen molar-refractivity contribution in [2.45, 2.75) is 13.8 Å². The number of ether oxygens (including phenoxy) is 4. The molecule has 5 nitrogen and oxygen atoms in total. The van der Waals surface area contributed by atoms with Crippen molar-refractivity contribution in [3.05, 3.63) is 23.3 Å². The molecule has 0 saturated carbocycles. The molecule has 0 aliphatic carbocycles. The molecule has 0 amide bonds. The minimum absolute atomic E-state index is 0.0611. The van der Waals surface area contributed by atoms with E-state index in [1.165, 1.54) is 6.92 Å². The van der Waals surface area contributed by atoms with Crippen LogP contribution in [-0.2, 0) is 9.47 Å².